The molecule has 0 spiro atoms. The molecule has 0 fully saturated rings. The van der Waals surface area contributed by atoms with Gasteiger partial charge in [-0.25, -0.2) is 0 Å². The Kier molecular flexibility index (Phi) is 8.04. The maximum Gasteiger partial charge on any atom is 0.303 e. The molecular weight excluding hydrogens is 282 g/mol. The summed E-state index contributed by atoms with van der Waals surface area (Å²) in [4.78, 5) is 22.0. The highest BCUT2D eigenvalue weighted by atomic mass is 16.5. The van der Waals surface area contributed by atoms with Crippen molar-refractivity contribution in [2.75, 3.05) is 13.7 Å². The van der Waals surface area contributed by atoms with E-state index < -0.39 is 5.97 Å². The number of hydrogen-bond acceptors (Lipinski definition) is 3. The Balaban J connectivity index is 2.20. The van der Waals surface area contributed by atoms with Crippen LogP contribution in [0.3, 0.4) is 0 Å². The Hall–Kier alpha value is -2.04. The Labute approximate surface area is 131 Å². The third kappa shape index (κ3) is 7.67. The van der Waals surface area contributed by atoms with Crippen molar-refractivity contribution in [2.45, 2.75) is 39.0 Å². The van der Waals surface area contributed by atoms with Crippen molar-refractivity contribution in [3.8, 4) is 5.75 Å². The molecule has 0 saturated carbocycles. The smallest absolute Gasteiger partial charge is 0.303 e. The Morgan fingerprint density at radius 2 is 1.82 bits per heavy atom. The zero-order chi connectivity index (χ0) is 16.4. The first-order valence-corrected chi connectivity index (χ1v) is 7.62. The topological polar surface area (TPSA) is 75.6 Å². The van der Waals surface area contributed by atoms with Gasteiger partial charge in [-0.05, 0) is 42.9 Å². The average Bonchev–Trinajstić information content (AvgIpc) is 2.50. The fourth-order valence-corrected chi connectivity index (χ4v) is 2.17. The molecular formula is C17H25NO4. The fraction of sp³-hybridized carbons (Fsp3) is 0.529. The number of carboxylic acid groups (broad SMARTS) is 1. The molecule has 5 nitrogen and oxygen atoms in total. The Morgan fingerprint density at radius 1 is 1.18 bits per heavy atom. The predicted molar refractivity (Wildman–Crippen MR) is 85.0 cm³/mol. The highest BCUT2D eigenvalue weighted by Crippen LogP contribution is 2.14. The lowest BCUT2D eigenvalue weighted by molar-refractivity contribution is -0.137. The monoisotopic (exact) mass is 307 g/mol. The first kappa shape index (κ1) is 18.0. The normalized spacial score (nSPS) is 11.7. The number of hydrogen-bond donors (Lipinski definition) is 2. The van der Waals surface area contributed by atoms with Crippen LogP contribution in [0.25, 0.3) is 0 Å². The van der Waals surface area contributed by atoms with E-state index in [9.17, 15) is 9.59 Å². The molecule has 2 N–H and O–H groups in total. The van der Waals surface area contributed by atoms with E-state index in [1.165, 1.54) is 5.56 Å². The van der Waals surface area contributed by atoms with Crippen molar-refractivity contribution in [2.24, 2.45) is 5.92 Å². The second-order valence-corrected chi connectivity index (χ2v) is 5.56. The summed E-state index contributed by atoms with van der Waals surface area (Å²) in [6, 6.07) is 7.93. The first-order chi connectivity index (χ1) is 10.5. The summed E-state index contributed by atoms with van der Waals surface area (Å²) in [5.41, 5.74) is 1.21. The molecule has 0 radical (unpaired) electrons. The number of amides is 1. The molecule has 1 aromatic rings. The van der Waals surface area contributed by atoms with Crippen LogP contribution in [0, 0.1) is 5.92 Å². The zero-order valence-electron chi connectivity index (χ0n) is 13.3. The van der Waals surface area contributed by atoms with E-state index in [4.69, 9.17) is 9.84 Å². The zero-order valence-corrected chi connectivity index (χ0v) is 13.3. The molecule has 0 bridgehead atoms. The quantitative estimate of drug-likeness (QED) is 0.652. The van der Waals surface area contributed by atoms with E-state index in [-0.39, 0.29) is 12.3 Å². The van der Waals surface area contributed by atoms with Gasteiger partial charge < -0.3 is 15.2 Å². The number of carboxylic acids is 1. The van der Waals surface area contributed by atoms with Gasteiger partial charge in [0.2, 0.25) is 5.91 Å². The molecule has 0 heterocycles. The van der Waals surface area contributed by atoms with Gasteiger partial charge in [0, 0.05) is 19.4 Å². The molecule has 0 saturated heterocycles. The van der Waals surface area contributed by atoms with Crippen molar-refractivity contribution < 1.29 is 19.4 Å². The van der Waals surface area contributed by atoms with Gasteiger partial charge in [-0.1, -0.05) is 19.1 Å². The maximum atomic E-state index is 11.7. The van der Waals surface area contributed by atoms with Crippen molar-refractivity contribution >= 4 is 11.9 Å². The molecule has 0 aromatic heterocycles. The molecule has 1 unspecified atom stereocenters. The van der Waals surface area contributed by atoms with Gasteiger partial charge in [0.25, 0.3) is 0 Å². The third-order valence-corrected chi connectivity index (χ3v) is 3.44. The number of rotatable bonds is 10. The largest absolute Gasteiger partial charge is 0.497 e. The van der Waals surface area contributed by atoms with Gasteiger partial charge >= 0.3 is 5.97 Å². The molecule has 0 aliphatic carbocycles. The molecule has 1 amide bonds. The van der Waals surface area contributed by atoms with Crippen molar-refractivity contribution in [1.29, 1.82) is 0 Å². The van der Waals surface area contributed by atoms with Crippen LogP contribution in [0.4, 0.5) is 0 Å². The lowest BCUT2D eigenvalue weighted by atomic mass is 10.0. The second-order valence-electron chi connectivity index (χ2n) is 5.56. The third-order valence-electron chi connectivity index (χ3n) is 3.44. The number of unbranched alkanes of at least 4 members (excludes halogenated alkanes) is 1. The summed E-state index contributed by atoms with van der Waals surface area (Å²) in [5, 5.41) is 11.4. The van der Waals surface area contributed by atoms with E-state index >= 15 is 0 Å². The SMILES string of the molecule is COc1ccc(CC(C)CNC(=O)CCCCC(=O)O)cc1. The second kappa shape index (κ2) is 9.82. The van der Waals surface area contributed by atoms with E-state index in [1.54, 1.807) is 7.11 Å². The molecule has 1 atom stereocenters. The molecule has 22 heavy (non-hydrogen) atoms. The van der Waals surface area contributed by atoms with Gasteiger partial charge in [-0.2, -0.15) is 0 Å². The van der Waals surface area contributed by atoms with Gasteiger partial charge in [0.1, 0.15) is 5.75 Å². The number of aliphatic carboxylic acids is 1. The number of carbonyl (C=O) groups excluding carboxylic acids is 1. The minimum atomic E-state index is -0.812. The maximum absolute atomic E-state index is 11.7. The summed E-state index contributed by atoms with van der Waals surface area (Å²) in [6.07, 6.45) is 2.57. The van der Waals surface area contributed by atoms with Crippen LogP contribution in [0.1, 0.15) is 38.2 Å². The molecule has 1 rings (SSSR count). The Morgan fingerprint density at radius 3 is 2.41 bits per heavy atom. The molecule has 0 aliphatic heterocycles. The van der Waals surface area contributed by atoms with Crippen LogP contribution in [-0.2, 0) is 16.0 Å². The highest BCUT2D eigenvalue weighted by molar-refractivity contribution is 5.75. The van der Waals surface area contributed by atoms with Gasteiger partial charge in [-0.15, -0.1) is 0 Å². The lowest BCUT2D eigenvalue weighted by Crippen LogP contribution is -2.28. The van der Waals surface area contributed by atoms with Gasteiger partial charge in [0.05, 0.1) is 7.11 Å². The van der Waals surface area contributed by atoms with E-state index in [0.717, 1.165) is 12.2 Å². The van der Waals surface area contributed by atoms with Crippen LogP contribution in [0.5, 0.6) is 5.75 Å². The number of ether oxygens (including phenoxy) is 1. The summed E-state index contributed by atoms with van der Waals surface area (Å²) >= 11 is 0. The Bertz CT molecular complexity index is 470. The average molecular weight is 307 g/mol. The van der Waals surface area contributed by atoms with Crippen LogP contribution in [-0.4, -0.2) is 30.6 Å². The summed E-state index contributed by atoms with van der Waals surface area (Å²) in [6.45, 7) is 2.72. The summed E-state index contributed by atoms with van der Waals surface area (Å²) in [7, 11) is 1.64. The molecule has 0 aliphatic rings. The van der Waals surface area contributed by atoms with Gasteiger partial charge in [0.15, 0.2) is 0 Å². The van der Waals surface area contributed by atoms with Gasteiger partial charge in [-0.3, -0.25) is 9.59 Å². The van der Waals surface area contributed by atoms with Crippen LogP contribution < -0.4 is 10.1 Å². The molecule has 122 valence electrons. The van der Waals surface area contributed by atoms with E-state index in [1.807, 2.05) is 24.3 Å². The van der Waals surface area contributed by atoms with Crippen molar-refractivity contribution in [1.82, 2.24) is 5.32 Å². The molecule has 5 heteroatoms. The number of methoxy groups -OCH3 is 1. The minimum Gasteiger partial charge on any atom is -0.497 e. The predicted octanol–water partition coefficient (Wildman–Crippen LogP) is 2.63. The van der Waals surface area contributed by atoms with Crippen molar-refractivity contribution in [3.63, 3.8) is 0 Å². The minimum absolute atomic E-state index is 0.00744. The summed E-state index contributed by atoms with van der Waals surface area (Å²) < 4.78 is 5.12. The standard InChI is InChI=1S/C17H25NO4/c1-13(11-14-7-9-15(22-2)10-8-14)12-18-16(19)5-3-4-6-17(20)21/h7-10,13H,3-6,11-12H2,1-2H3,(H,18,19)(H,20,21). The lowest BCUT2D eigenvalue weighted by Gasteiger charge is -2.13. The van der Waals surface area contributed by atoms with E-state index in [2.05, 4.69) is 12.2 Å². The number of carbonyl (C=O) groups is 2. The van der Waals surface area contributed by atoms with Crippen LogP contribution in [0.2, 0.25) is 0 Å². The number of benzene rings is 1. The fourth-order valence-electron chi connectivity index (χ4n) is 2.17. The van der Waals surface area contributed by atoms with E-state index in [0.29, 0.717) is 31.7 Å². The van der Waals surface area contributed by atoms with Crippen LogP contribution >= 0.6 is 0 Å². The summed E-state index contributed by atoms with van der Waals surface area (Å²) in [5.74, 6) is 0.364. The number of nitrogens with one attached hydrogen (secondary N) is 1. The highest BCUT2D eigenvalue weighted by Gasteiger charge is 2.07. The van der Waals surface area contributed by atoms with Crippen LogP contribution in [0.15, 0.2) is 24.3 Å². The first-order valence-electron chi connectivity index (χ1n) is 7.62. The van der Waals surface area contributed by atoms with Crippen molar-refractivity contribution in [3.05, 3.63) is 29.8 Å². The molecule has 1 aromatic carbocycles.